The smallest absolute Gasteiger partial charge is 0.385 e. The van der Waals surface area contributed by atoms with Gasteiger partial charge in [-0.1, -0.05) is 32.9 Å². The number of halogens is 3. The Morgan fingerprint density at radius 2 is 1.73 bits per heavy atom. The normalized spacial score (nSPS) is 13.1. The maximum atomic E-state index is 13.0. The van der Waals surface area contributed by atoms with Crippen LogP contribution in [0.15, 0.2) is 36.0 Å². The van der Waals surface area contributed by atoms with Crippen molar-refractivity contribution in [3.63, 3.8) is 0 Å². The predicted molar refractivity (Wildman–Crippen MR) is 95.1 cm³/mol. The van der Waals surface area contributed by atoms with Crippen LogP contribution in [0.4, 0.5) is 18.9 Å². The van der Waals surface area contributed by atoms with Gasteiger partial charge in [-0.15, -0.1) is 0 Å². The molecular formula is C19H24F3N3O. The van der Waals surface area contributed by atoms with Gasteiger partial charge in [-0.05, 0) is 37.8 Å². The van der Waals surface area contributed by atoms with Crippen LogP contribution in [0.25, 0.3) is 0 Å². The van der Waals surface area contributed by atoms with Crippen LogP contribution in [-0.4, -0.2) is 11.4 Å². The van der Waals surface area contributed by atoms with Gasteiger partial charge in [0.15, 0.2) is 0 Å². The topological polar surface area (TPSA) is 64.9 Å². The van der Waals surface area contributed by atoms with Crippen molar-refractivity contribution < 1.29 is 18.0 Å². The van der Waals surface area contributed by atoms with Crippen LogP contribution in [0.2, 0.25) is 0 Å². The Bertz CT molecular complexity index is 723. The van der Waals surface area contributed by atoms with E-state index in [2.05, 4.69) is 31.4 Å². The summed E-state index contributed by atoms with van der Waals surface area (Å²) >= 11 is 0. The highest BCUT2D eigenvalue weighted by Crippen LogP contribution is 2.34. The number of alkyl halides is 3. The number of nitriles is 1. The summed E-state index contributed by atoms with van der Waals surface area (Å²) in [6, 6.07) is 6.35. The van der Waals surface area contributed by atoms with Gasteiger partial charge in [-0.2, -0.15) is 18.4 Å². The van der Waals surface area contributed by atoms with Crippen molar-refractivity contribution in [2.24, 2.45) is 5.41 Å². The van der Waals surface area contributed by atoms with E-state index >= 15 is 0 Å². The summed E-state index contributed by atoms with van der Waals surface area (Å²) < 4.78 is 39.0. The zero-order valence-electron chi connectivity index (χ0n) is 15.6. The summed E-state index contributed by atoms with van der Waals surface area (Å²) in [6.45, 7) is 10.0. The van der Waals surface area contributed by atoms with E-state index in [4.69, 9.17) is 0 Å². The zero-order chi connectivity index (χ0) is 20.2. The number of benzene rings is 1. The summed E-state index contributed by atoms with van der Waals surface area (Å²) in [6.07, 6.45) is -2.60. The Balaban J connectivity index is 2.97. The van der Waals surface area contributed by atoms with E-state index in [0.717, 1.165) is 18.6 Å². The number of carbonyl (C=O) groups excluding carboxylic acids is 1. The van der Waals surface area contributed by atoms with E-state index in [9.17, 15) is 23.2 Å². The van der Waals surface area contributed by atoms with Gasteiger partial charge >= 0.3 is 6.18 Å². The van der Waals surface area contributed by atoms with Crippen molar-refractivity contribution >= 4 is 11.6 Å². The fourth-order valence-corrected chi connectivity index (χ4v) is 2.82. The first-order chi connectivity index (χ1) is 11.7. The molecule has 0 spiro atoms. The molecule has 0 saturated carbocycles. The number of rotatable bonds is 5. The highest BCUT2D eigenvalue weighted by Gasteiger charge is 2.33. The van der Waals surface area contributed by atoms with Crippen molar-refractivity contribution in [2.75, 3.05) is 5.32 Å². The molecule has 7 heteroatoms. The molecule has 0 saturated heterocycles. The number of hydrogen-bond donors (Lipinski definition) is 2. The standard InChI is InChI=1S/C19H24F3N3O/c1-17(2,3)12-18(4,5)24-11-13(10-23)16(26)25-15-9-7-6-8-14(15)19(20,21)22/h6-9,11,24H,12H2,1-5H3,(H,25,26)/b13-11-. The average Bonchev–Trinajstić information content (AvgIpc) is 2.44. The minimum absolute atomic E-state index is 0.0189. The van der Waals surface area contributed by atoms with E-state index in [1.165, 1.54) is 18.3 Å². The number of para-hydroxylation sites is 1. The molecule has 0 heterocycles. The molecular weight excluding hydrogens is 343 g/mol. The molecule has 0 fully saturated rings. The van der Waals surface area contributed by atoms with Crippen molar-refractivity contribution in [3.8, 4) is 6.07 Å². The number of hydrogen-bond acceptors (Lipinski definition) is 3. The second-order valence-corrected chi connectivity index (χ2v) is 7.93. The van der Waals surface area contributed by atoms with Gasteiger partial charge in [0.05, 0.1) is 11.3 Å². The largest absolute Gasteiger partial charge is 0.418 e. The second-order valence-electron chi connectivity index (χ2n) is 7.93. The second kappa shape index (κ2) is 7.81. The van der Waals surface area contributed by atoms with Crippen molar-refractivity contribution in [3.05, 3.63) is 41.6 Å². The van der Waals surface area contributed by atoms with E-state index in [0.29, 0.717) is 0 Å². The summed E-state index contributed by atoms with van der Waals surface area (Å²) in [4.78, 5) is 12.2. The molecule has 0 aliphatic rings. The summed E-state index contributed by atoms with van der Waals surface area (Å²) in [5.41, 5.74) is -2.04. The number of amides is 1. The molecule has 4 nitrogen and oxygen atoms in total. The zero-order valence-corrected chi connectivity index (χ0v) is 15.6. The van der Waals surface area contributed by atoms with Gasteiger partial charge in [-0.25, -0.2) is 0 Å². The monoisotopic (exact) mass is 367 g/mol. The number of carbonyl (C=O) groups is 1. The maximum absolute atomic E-state index is 13.0. The van der Waals surface area contributed by atoms with E-state index in [1.807, 2.05) is 13.8 Å². The van der Waals surface area contributed by atoms with Crippen LogP contribution in [0.5, 0.6) is 0 Å². The van der Waals surface area contributed by atoms with E-state index in [1.54, 1.807) is 6.07 Å². The molecule has 1 amide bonds. The molecule has 0 aromatic heterocycles. The Labute approximate surface area is 152 Å². The molecule has 0 bridgehead atoms. The summed E-state index contributed by atoms with van der Waals surface area (Å²) in [5, 5.41) is 14.4. The number of nitrogens with one attached hydrogen (secondary N) is 2. The molecule has 0 atom stereocenters. The first-order valence-electron chi connectivity index (χ1n) is 8.11. The van der Waals surface area contributed by atoms with E-state index < -0.39 is 23.2 Å². The molecule has 2 N–H and O–H groups in total. The predicted octanol–water partition coefficient (Wildman–Crippen LogP) is 4.86. The summed E-state index contributed by atoms with van der Waals surface area (Å²) in [5.74, 6) is -0.900. The summed E-state index contributed by atoms with van der Waals surface area (Å²) in [7, 11) is 0. The minimum atomic E-state index is -4.60. The molecule has 0 aliphatic carbocycles. The third kappa shape index (κ3) is 6.79. The minimum Gasteiger partial charge on any atom is -0.385 e. The third-order valence-electron chi connectivity index (χ3n) is 3.43. The molecule has 26 heavy (non-hydrogen) atoms. The van der Waals surface area contributed by atoms with Gasteiger partial charge in [0.1, 0.15) is 11.6 Å². The fourth-order valence-electron chi connectivity index (χ4n) is 2.82. The Hall–Kier alpha value is -2.49. The van der Waals surface area contributed by atoms with Crippen LogP contribution in [0, 0.1) is 16.7 Å². The van der Waals surface area contributed by atoms with Gasteiger partial charge < -0.3 is 10.6 Å². The highest BCUT2D eigenvalue weighted by molar-refractivity contribution is 6.06. The van der Waals surface area contributed by atoms with Gasteiger partial charge in [0.25, 0.3) is 5.91 Å². The quantitative estimate of drug-likeness (QED) is 0.577. The average molecular weight is 367 g/mol. The SMILES string of the molecule is CC(C)(C)CC(C)(C)N/C=C(/C#N)C(=O)Nc1ccccc1C(F)(F)F. The van der Waals surface area contributed by atoms with E-state index in [-0.39, 0.29) is 16.7 Å². The molecule has 142 valence electrons. The first-order valence-corrected chi connectivity index (χ1v) is 8.11. The van der Waals surface area contributed by atoms with Crippen molar-refractivity contribution in [2.45, 2.75) is 52.8 Å². The molecule has 1 rings (SSSR count). The molecule has 0 radical (unpaired) electrons. The molecule has 1 aromatic carbocycles. The highest BCUT2D eigenvalue weighted by atomic mass is 19.4. The Morgan fingerprint density at radius 1 is 1.15 bits per heavy atom. The van der Waals surface area contributed by atoms with Crippen LogP contribution in [0.1, 0.15) is 46.6 Å². The number of anilines is 1. The van der Waals surface area contributed by atoms with Crippen LogP contribution < -0.4 is 10.6 Å². The molecule has 0 unspecified atom stereocenters. The molecule has 0 aliphatic heterocycles. The lowest BCUT2D eigenvalue weighted by Crippen LogP contribution is -2.39. The molecule has 1 aromatic rings. The van der Waals surface area contributed by atoms with Gasteiger partial charge in [0, 0.05) is 11.7 Å². The van der Waals surface area contributed by atoms with Crippen LogP contribution >= 0.6 is 0 Å². The lowest BCUT2D eigenvalue weighted by Gasteiger charge is -2.33. The van der Waals surface area contributed by atoms with Crippen molar-refractivity contribution in [1.82, 2.24) is 5.32 Å². The maximum Gasteiger partial charge on any atom is 0.418 e. The fraction of sp³-hybridized carbons (Fsp3) is 0.474. The number of nitrogens with zero attached hydrogens (tertiary/aromatic N) is 1. The van der Waals surface area contributed by atoms with Crippen LogP contribution in [-0.2, 0) is 11.0 Å². The lowest BCUT2D eigenvalue weighted by molar-refractivity contribution is -0.137. The lowest BCUT2D eigenvalue weighted by atomic mass is 9.82. The third-order valence-corrected chi connectivity index (χ3v) is 3.43. The Kier molecular flexibility index (Phi) is 6.48. The van der Waals surface area contributed by atoms with Gasteiger partial charge in [0.2, 0.25) is 0 Å². The van der Waals surface area contributed by atoms with Gasteiger partial charge in [-0.3, -0.25) is 4.79 Å². The van der Waals surface area contributed by atoms with Crippen LogP contribution in [0.3, 0.4) is 0 Å². The first kappa shape index (κ1) is 21.6. The van der Waals surface area contributed by atoms with Crippen molar-refractivity contribution in [1.29, 1.82) is 5.26 Å². The Morgan fingerprint density at radius 3 is 2.23 bits per heavy atom.